The molecule has 6 nitrogen and oxygen atoms in total. The van der Waals surface area contributed by atoms with Gasteiger partial charge >= 0.3 is 19.3 Å². The van der Waals surface area contributed by atoms with E-state index in [1.165, 1.54) is 0 Å². The summed E-state index contributed by atoms with van der Waals surface area (Å²) >= 11 is 0. The monoisotopic (exact) mass is 414 g/mol. The lowest BCUT2D eigenvalue weighted by molar-refractivity contribution is -0.233. The third-order valence-electron chi connectivity index (χ3n) is 5.76. The molecule has 2 amide bonds. The van der Waals surface area contributed by atoms with Gasteiger partial charge in [-0.15, -0.1) is 0 Å². The smallest absolute Gasteiger partial charge is 0.399 e. The Bertz CT molecular complexity index is 769. The summed E-state index contributed by atoms with van der Waals surface area (Å²) < 4.78 is 55.5. The fourth-order valence-electron chi connectivity index (χ4n) is 3.18. The van der Waals surface area contributed by atoms with Crippen molar-refractivity contribution in [2.45, 2.75) is 58.1 Å². The van der Waals surface area contributed by atoms with Gasteiger partial charge in [0.05, 0.1) is 24.4 Å². The number of hydrogen-bond donors (Lipinski definition) is 1. The predicted octanol–water partition coefficient (Wildman–Crippen LogP) is 3.09. The highest BCUT2D eigenvalue weighted by molar-refractivity contribution is 6.62. The van der Waals surface area contributed by atoms with Gasteiger partial charge in [-0.2, -0.15) is 13.2 Å². The summed E-state index contributed by atoms with van der Waals surface area (Å²) in [7, 11) is -0.602. The molecule has 1 aromatic rings. The number of anilines is 1. The van der Waals surface area contributed by atoms with Crippen LogP contribution in [0.15, 0.2) is 18.2 Å². The molecule has 29 heavy (non-hydrogen) atoms. The van der Waals surface area contributed by atoms with Crippen molar-refractivity contribution in [3.63, 3.8) is 0 Å². The van der Waals surface area contributed by atoms with Gasteiger partial charge in [-0.05, 0) is 52.2 Å². The Morgan fingerprint density at radius 3 is 2.41 bits per heavy atom. The van der Waals surface area contributed by atoms with Crippen molar-refractivity contribution >= 4 is 24.3 Å². The summed E-state index contributed by atoms with van der Waals surface area (Å²) in [6.45, 7) is 9.09. The van der Waals surface area contributed by atoms with Crippen molar-refractivity contribution < 1.29 is 32.0 Å². The van der Waals surface area contributed by atoms with Crippen molar-refractivity contribution in [3.05, 3.63) is 23.8 Å². The first-order chi connectivity index (χ1) is 13.3. The van der Waals surface area contributed by atoms with E-state index in [-0.39, 0.29) is 13.2 Å². The average molecular weight is 414 g/mol. The minimum absolute atomic E-state index is 0.0916. The molecule has 0 aliphatic carbocycles. The number of carbonyl (C=O) groups excluding carboxylic acids is 1. The molecule has 0 bridgehead atoms. The molecule has 1 unspecified atom stereocenters. The van der Waals surface area contributed by atoms with Crippen molar-refractivity contribution in [2.24, 2.45) is 0 Å². The summed E-state index contributed by atoms with van der Waals surface area (Å²) in [5.74, 6) is 0. The van der Waals surface area contributed by atoms with Gasteiger partial charge in [0.15, 0.2) is 6.10 Å². The number of urea groups is 1. The zero-order valence-corrected chi connectivity index (χ0v) is 17.2. The minimum Gasteiger partial charge on any atom is -0.399 e. The van der Waals surface area contributed by atoms with Crippen LogP contribution in [0.2, 0.25) is 0 Å². The van der Waals surface area contributed by atoms with E-state index in [1.54, 1.807) is 12.1 Å². The molecule has 2 saturated heterocycles. The molecule has 0 saturated carbocycles. The minimum atomic E-state index is -4.51. The maximum absolute atomic E-state index is 12.9. The molecule has 160 valence electrons. The van der Waals surface area contributed by atoms with Crippen molar-refractivity contribution in [3.8, 4) is 0 Å². The number of ether oxygens (including phenoxy) is 1. The second-order valence-electron chi connectivity index (χ2n) is 8.44. The predicted molar refractivity (Wildman–Crippen MR) is 103 cm³/mol. The van der Waals surface area contributed by atoms with Crippen LogP contribution < -0.4 is 10.8 Å². The van der Waals surface area contributed by atoms with E-state index in [1.807, 2.05) is 40.7 Å². The van der Waals surface area contributed by atoms with Crippen molar-refractivity contribution in [2.75, 3.05) is 25.0 Å². The summed E-state index contributed by atoms with van der Waals surface area (Å²) in [6.07, 6.45) is -6.48. The van der Waals surface area contributed by atoms with Crippen LogP contribution in [0.1, 0.15) is 33.3 Å². The van der Waals surface area contributed by atoms with E-state index in [0.717, 1.165) is 15.9 Å². The van der Waals surface area contributed by atoms with Gasteiger partial charge in [0.2, 0.25) is 0 Å². The highest BCUT2D eigenvalue weighted by Gasteiger charge is 2.52. The van der Waals surface area contributed by atoms with E-state index in [2.05, 4.69) is 5.32 Å². The molecule has 2 aliphatic heterocycles. The van der Waals surface area contributed by atoms with Gasteiger partial charge in [-0.1, -0.05) is 11.6 Å². The van der Waals surface area contributed by atoms with E-state index in [0.29, 0.717) is 5.69 Å². The molecule has 1 N–H and O–H groups in total. The Labute approximate surface area is 168 Å². The van der Waals surface area contributed by atoms with E-state index in [4.69, 9.17) is 14.0 Å². The molecule has 3 rings (SSSR count). The van der Waals surface area contributed by atoms with E-state index >= 15 is 0 Å². The zero-order valence-electron chi connectivity index (χ0n) is 17.2. The highest BCUT2D eigenvalue weighted by Crippen LogP contribution is 2.37. The first kappa shape index (κ1) is 21.9. The third kappa shape index (κ3) is 4.54. The van der Waals surface area contributed by atoms with Gasteiger partial charge in [-0.25, -0.2) is 4.79 Å². The first-order valence-corrected chi connectivity index (χ1v) is 9.50. The second kappa shape index (κ2) is 7.48. The van der Waals surface area contributed by atoms with Crippen LogP contribution in [0, 0.1) is 6.92 Å². The fraction of sp³-hybridized carbons (Fsp3) is 0.632. The molecule has 2 fully saturated rings. The molecule has 0 spiro atoms. The molecule has 2 aliphatic rings. The molecular weight excluding hydrogens is 388 g/mol. The summed E-state index contributed by atoms with van der Waals surface area (Å²) in [5, 5.41) is 2.67. The van der Waals surface area contributed by atoms with Gasteiger partial charge < -0.3 is 24.3 Å². The summed E-state index contributed by atoms with van der Waals surface area (Å²) in [4.78, 5) is 13.6. The molecule has 1 aromatic carbocycles. The molecular formula is C19H26BF3N2O4. The summed E-state index contributed by atoms with van der Waals surface area (Å²) in [6, 6.07) is 4.64. The number of halogens is 3. The van der Waals surface area contributed by atoms with E-state index < -0.39 is 43.2 Å². The van der Waals surface area contributed by atoms with Crippen LogP contribution in [0.5, 0.6) is 0 Å². The maximum atomic E-state index is 12.9. The Balaban J connectivity index is 1.73. The van der Waals surface area contributed by atoms with Gasteiger partial charge in [0.25, 0.3) is 0 Å². The number of rotatable bonds is 2. The molecule has 0 aromatic heterocycles. The first-order valence-electron chi connectivity index (χ1n) is 9.50. The van der Waals surface area contributed by atoms with Gasteiger partial charge in [0.1, 0.15) is 0 Å². The molecule has 10 heteroatoms. The topological polar surface area (TPSA) is 60.0 Å². The third-order valence-corrected chi connectivity index (χ3v) is 5.76. The number of nitrogens with one attached hydrogen (secondary N) is 1. The van der Waals surface area contributed by atoms with Crippen LogP contribution in [0.25, 0.3) is 0 Å². The molecule has 0 radical (unpaired) electrons. The Kier molecular flexibility index (Phi) is 5.66. The van der Waals surface area contributed by atoms with Crippen LogP contribution in [0.4, 0.5) is 23.7 Å². The number of alkyl halides is 3. The Hall–Kier alpha value is -1.78. The maximum Gasteiger partial charge on any atom is 0.495 e. The summed E-state index contributed by atoms with van der Waals surface area (Å²) in [5.41, 5.74) is 1.12. The fourth-order valence-corrected chi connectivity index (χ4v) is 3.18. The lowest BCUT2D eigenvalue weighted by Gasteiger charge is -2.33. The molecule has 1 atom stereocenters. The number of amides is 2. The van der Waals surface area contributed by atoms with Gasteiger partial charge in [0, 0.05) is 12.2 Å². The van der Waals surface area contributed by atoms with Crippen LogP contribution in [-0.2, 0) is 14.0 Å². The normalized spacial score (nSPS) is 23.9. The SMILES string of the molecule is Cc1ccc(NC(=O)N2CCOC(C(F)(F)F)C2)cc1B1OC(C)(C)C(C)(C)O1. The largest absolute Gasteiger partial charge is 0.495 e. The highest BCUT2D eigenvalue weighted by atomic mass is 19.4. The van der Waals surface area contributed by atoms with Crippen molar-refractivity contribution in [1.82, 2.24) is 4.90 Å². The van der Waals surface area contributed by atoms with Crippen LogP contribution >= 0.6 is 0 Å². The average Bonchev–Trinajstić information content (AvgIpc) is 2.83. The lowest BCUT2D eigenvalue weighted by atomic mass is 9.76. The Morgan fingerprint density at radius 1 is 1.21 bits per heavy atom. The number of morpholine rings is 1. The number of benzene rings is 1. The number of nitrogens with zero attached hydrogens (tertiary/aromatic N) is 1. The molecule has 2 heterocycles. The number of hydrogen-bond acceptors (Lipinski definition) is 4. The van der Waals surface area contributed by atoms with Crippen LogP contribution in [0.3, 0.4) is 0 Å². The lowest BCUT2D eigenvalue weighted by Crippen LogP contribution is -2.52. The van der Waals surface area contributed by atoms with Gasteiger partial charge in [-0.3, -0.25) is 0 Å². The second-order valence-corrected chi connectivity index (χ2v) is 8.44. The number of aryl methyl sites for hydroxylation is 1. The van der Waals surface area contributed by atoms with Crippen molar-refractivity contribution in [1.29, 1.82) is 0 Å². The zero-order chi connectivity index (χ0) is 21.6. The Morgan fingerprint density at radius 2 is 1.83 bits per heavy atom. The quantitative estimate of drug-likeness (QED) is 0.756. The standard InChI is InChI=1S/C19H26BF3N2O4/c1-12-6-7-13(10-14(12)20-28-17(2,3)18(4,5)29-20)24-16(26)25-8-9-27-15(11-25)19(21,22)23/h6-7,10,15H,8-9,11H2,1-5H3,(H,24,26). The van der Waals surface area contributed by atoms with Crippen LogP contribution in [-0.4, -0.2) is 61.2 Å². The van der Waals surface area contributed by atoms with E-state index in [9.17, 15) is 18.0 Å². The number of carbonyl (C=O) groups is 1.